The molecule has 0 aromatic heterocycles. The molecule has 7 heteroatoms. The molecule has 5 nitrogen and oxygen atoms in total. The molecule has 21 heavy (non-hydrogen) atoms. The van der Waals surface area contributed by atoms with Gasteiger partial charge in [0, 0.05) is 10.6 Å². The normalized spacial score (nSPS) is 9.52. The van der Waals surface area contributed by atoms with Crippen LogP contribution in [0.3, 0.4) is 0 Å². The molecule has 108 valence electrons. The lowest BCUT2D eigenvalue weighted by atomic mass is 10.3. The minimum Gasteiger partial charge on any atom is -0.332 e. The molecule has 2 aromatic rings. The molecule has 0 aliphatic rings. The number of nitrogens with one attached hydrogen (secondary N) is 4. The zero-order valence-corrected chi connectivity index (χ0v) is 12.6. The summed E-state index contributed by atoms with van der Waals surface area (Å²) in [5, 5.41) is 3.60. The molecular weight excluding hydrogens is 304 g/mol. The van der Waals surface area contributed by atoms with Crippen molar-refractivity contribution >= 4 is 47.1 Å². The molecule has 1 amide bonds. The predicted octanol–water partition coefficient (Wildman–Crippen LogP) is 2.75. The molecule has 0 saturated heterocycles. The average Bonchev–Trinajstić information content (AvgIpc) is 2.53. The molecular formula is C14H14N4OS2. The minimum absolute atomic E-state index is 0.524. The Morgan fingerprint density at radius 1 is 1.00 bits per heavy atom. The lowest BCUT2D eigenvalue weighted by Gasteiger charge is -2.10. The molecule has 0 atom stereocenters. The van der Waals surface area contributed by atoms with E-state index in [0.717, 1.165) is 16.3 Å². The van der Waals surface area contributed by atoms with Gasteiger partial charge in [0.2, 0.25) is 6.41 Å². The Kier molecular flexibility index (Phi) is 5.86. The second-order valence-corrected chi connectivity index (χ2v) is 5.22. The van der Waals surface area contributed by atoms with Crippen LogP contribution in [-0.4, -0.2) is 11.5 Å². The van der Waals surface area contributed by atoms with Crippen LogP contribution in [-0.2, 0) is 4.79 Å². The van der Waals surface area contributed by atoms with Crippen molar-refractivity contribution in [2.45, 2.75) is 4.90 Å². The van der Waals surface area contributed by atoms with E-state index in [4.69, 9.17) is 12.2 Å². The maximum atomic E-state index is 10.2. The van der Waals surface area contributed by atoms with E-state index in [2.05, 4.69) is 20.9 Å². The first-order valence-corrected chi connectivity index (χ1v) is 7.34. The summed E-state index contributed by atoms with van der Waals surface area (Å²) in [5.41, 5.74) is 6.74. The lowest BCUT2D eigenvalue weighted by Crippen LogP contribution is -2.22. The Morgan fingerprint density at radius 3 is 2.33 bits per heavy atom. The van der Waals surface area contributed by atoms with E-state index in [-0.39, 0.29) is 0 Å². The SMILES string of the molecule is O=CNNc1ccc(NC(=S)NSc2ccccc2)cc1. The highest BCUT2D eigenvalue weighted by Gasteiger charge is 1.99. The molecule has 2 rings (SSSR count). The molecule has 0 saturated carbocycles. The van der Waals surface area contributed by atoms with Crippen molar-refractivity contribution in [3.8, 4) is 0 Å². The third-order valence-corrected chi connectivity index (χ3v) is 3.57. The lowest BCUT2D eigenvalue weighted by molar-refractivity contribution is -0.109. The van der Waals surface area contributed by atoms with Crippen LogP contribution < -0.4 is 20.9 Å². The summed E-state index contributed by atoms with van der Waals surface area (Å²) in [4.78, 5) is 11.3. The molecule has 0 radical (unpaired) electrons. The van der Waals surface area contributed by atoms with Crippen LogP contribution in [0.25, 0.3) is 0 Å². The number of carbonyl (C=O) groups excluding carboxylic acids is 1. The van der Waals surface area contributed by atoms with Crippen molar-refractivity contribution in [3.05, 3.63) is 54.6 Å². The highest BCUT2D eigenvalue weighted by molar-refractivity contribution is 7.99. The van der Waals surface area contributed by atoms with Crippen LogP contribution in [0, 0.1) is 0 Å². The number of hydrazine groups is 1. The molecule has 0 spiro atoms. The fourth-order valence-corrected chi connectivity index (χ4v) is 2.30. The van der Waals surface area contributed by atoms with Crippen molar-refractivity contribution < 1.29 is 4.79 Å². The van der Waals surface area contributed by atoms with Gasteiger partial charge in [0.25, 0.3) is 0 Å². The molecule has 0 bridgehead atoms. The van der Waals surface area contributed by atoms with Crippen LogP contribution >= 0.6 is 24.2 Å². The summed E-state index contributed by atoms with van der Waals surface area (Å²) >= 11 is 6.67. The molecule has 0 unspecified atom stereocenters. The van der Waals surface area contributed by atoms with E-state index in [1.54, 1.807) is 0 Å². The van der Waals surface area contributed by atoms with Crippen LogP contribution in [0.2, 0.25) is 0 Å². The maximum absolute atomic E-state index is 10.2. The minimum atomic E-state index is 0.524. The molecule has 0 heterocycles. The van der Waals surface area contributed by atoms with Crippen molar-refractivity contribution in [1.29, 1.82) is 0 Å². The van der Waals surface area contributed by atoms with Gasteiger partial charge in [0.05, 0.1) is 5.69 Å². The number of anilines is 2. The van der Waals surface area contributed by atoms with E-state index in [1.165, 1.54) is 11.9 Å². The van der Waals surface area contributed by atoms with E-state index >= 15 is 0 Å². The van der Waals surface area contributed by atoms with Crippen LogP contribution in [0.4, 0.5) is 11.4 Å². The first kappa shape index (κ1) is 15.1. The Morgan fingerprint density at radius 2 is 1.67 bits per heavy atom. The Bertz CT molecular complexity index is 590. The zero-order valence-electron chi connectivity index (χ0n) is 11.0. The fourth-order valence-electron chi connectivity index (χ4n) is 1.50. The highest BCUT2D eigenvalue weighted by Crippen LogP contribution is 2.15. The standard InChI is InChI=1S/C14H14N4OS2/c19-10-15-17-12-8-6-11(7-9-12)16-14(20)18-21-13-4-2-1-3-5-13/h1-10,17H,(H,15,19)(H2,16,18,20). The number of hydrogen-bond acceptors (Lipinski definition) is 4. The fraction of sp³-hybridized carbons (Fsp3) is 0. The topological polar surface area (TPSA) is 65.2 Å². The third kappa shape index (κ3) is 5.33. The van der Waals surface area contributed by atoms with Gasteiger partial charge in [0.15, 0.2) is 5.11 Å². The quantitative estimate of drug-likeness (QED) is 0.284. The van der Waals surface area contributed by atoms with Gasteiger partial charge >= 0.3 is 0 Å². The number of hydrogen-bond donors (Lipinski definition) is 4. The molecule has 4 N–H and O–H groups in total. The number of benzene rings is 2. The number of rotatable bonds is 6. The summed E-state index contributed by atoms with van der Waals surface area (Å²) in [6, 6.07) is 17.3. The first-order valence-electron chi connectivity index (χ1n) is 6.12. The van der Waals surface area contributed by atoms with Gasteiger partial charge < -0.3 is 10.0 Å². The van der Waals surface area contributed by atoms with Gasteiger partial charge in [-0.25, -0.2) is 0 Å². The molecule has 0 fully saturated rings. The predicted molar refractivity (Wildman–Crippen MR) is 90.9 cm³/mol. The summed E-state index contributed by atoms with van der Waals surface area (Å²) in [7, 11) is 0. The van der Waals surface area contributed by atoms with Gasteiger partial charge in [-0.15, -0.1) is 0 Å². The summed E-state index contributed by atoms with van der Waals surface area (Å²) < 4.78 is 3.06. The number of carbonyl (C=O) groups is 1. The van der Waals surface area contributed by atoms with Crippen LogP contribution in [0.1, 0.15) is 0 Å². The van der Waals surface area contributed by atoms with Gasteiger partial charge in [-0.1, -0.05) is 18.2 Å². The smallest absolute Gasteiger partial charge is 0.225 e. The maximum Gasteiger partial charge on any atom is 0.225 e. The molecule has 0 aliphatic heterocycles. The third-order valence-electron chi connectivity index (χ3n) is 2.42. The molecule has 0 aliphatic carbocycles. The summed E-state index contributed by atoms with van der Waals surface area (Å²) in [5.74, 6) is 0. The van der Waals surface area contributed by atoms with E-state index in [1.807, 2.05) is 54.6 Å². The van der Waals surface area contributed by atoms with Crippen molar-refractivity contribution in [3.63, 3.8) is 0 Å². The Labute approximate surface area is 132 Å². The molecule has 2 aromatic carbocycles. The summed E-state index contributed by atoms with van der Waals surface area (Å²) in [6.07, 6.45) is 0.575. The highest BCUT2D eigenvalue weighted by atomic mass is 32.2. The second kappa shape index (κ2) is 8.13. The Balaban J connectivity index is 1.80. The zero-order chi connectivity index (χ0) is 14.9. The van der Waals surface area contributed by atoms with E-state index < -0.39 is 0 Å². The number of thiocarbonyl (C=S) groups is 1. The monoisotopic (exact) mass is 318 g/mol. The summed E-state index contributed by atoms with van der Waals surface area (Å²) in [6.45, 7) is 0. The van der Waals surface area contributed by atoms with E-state index in [0.29, 0.717) is 11.5 Å². The first-order chi connectivity index (χ1) is 10.3. The van der Waals surface area contributed by atoms with Crippen molar-refractivity contribution in [2.75, 3.05) is 10.7 Å². The average molecular weight is 318 g/mol. The van der Waals surface area contributed by atoms with E-state index in [9.17, 15) is 4.79 Å². The van der Waals surface area contributed by atoms with Crippen LogP contribution in [0.5, 0.6) is 0 Å². The largest absolute Gasteiger partial charge is 0.332 e. The van der Waals surface area contributed by atoms with Gasteiger partial charge in [-0.2, -0.15) is 0 Å². The number of amides is 1. The Hall–Kier alpha value is -2.25. The van der Waals surface area contributed by atoms with Gasteiger partial charge in [0.1, 0.15) is 0 Å². The van der Waals surface area contributed by atoms with Crippen molar-refractivity contribution in [2.24, 2.45) is 0 Å². The van der Waals surface area contributed by atoms with Crippen molar-refractivity contribution in [1.82, 2.24) is 10.1 Å². The van der Waals surface area contributed by atoms with Crippen LogP contribution in [0.15, 0.2) is 59.5 Å². The van der Waals surface area contributed by atoms with Gasteiger partial charge in [-0.3, -0.25) is 15.6 Å². The second-order valence-electron chi connectivity index (χ2n) is 3.94. The van der Waals surface area contributed by atoms with Gasteiger partial charge in [-0.05, 0) is 60.6 Å².